The third kappa shape index (κ3) is 3.09. The standard InChI is InChI=1S/C21H16Cl2FNO3/c22-12-6-7-14-15(10-12)18(11-5-8-17(24)16(23)9-11)19(21(27)28)25(20(14)26)13-3-1-2-4-13/h5-10,13H,1-4H2,(H,27,28). The largest absolute Gasteiger partial charge is 0.477 e. The Balaban J connectivity index is 2.19. The molecular weight excluding hydrogens is 404 g/mol. The van der Waals surface area contributed by atoms with Gasteiger partial charge in [0, 0.05) is 22.0 Å². The summed E-state index contributed by atoms with van der Waals surface area (Å²) in [5.41, 5.74) is 0.267. The Hall–Kier alpha value is -2.37. The maximum Gasteiger partial charge on any atom is 0.353 e. The SMILES string of the molecule is O=C(O)c1c(-c2ccc(F)c(Cl)c2)c2cc(Cl)ccc2c(=O)n1C1CCCC1. The molecule has 1 heterocycles. The maximum absolute atomic E-state index is 13.7. The minimum Gasteiger partial charge on any atom is -0.477 e. The third-order valence-corrected chi connectivity index (χ3v) is 5.80. The Kier molecular flexibility index (Phi) is 4.89. The summed E-state index contributed by atoms with van der Waals surface area (Å²) in [4.78, 5) is 25.5. The van der Waals surface area contributed by atoms with Crippen LogP contribution in [0.1, 0.15) is 42.2 Å². The van der Waals surface area contributed by atoms with E-state index in [1.807, 2.05) is 0 Å². The summed E-state index contributed by atoms with van der Waals surface area (Å²) in [7, 11) is 0. The summed E-state index contributed by atoms with van der Waals surface area (Å²) in [6.07, 6.45) is 3.35. The summed E-state index contributed by atoms with van der Waals surface area (Å²) < 4.78 is 15.1. The molecule has 2 aromatic carbocycles. The highest BCUT2D eigenvalue weighted by atomic mass is 35.5. The molecule has 4 rings (SSSR count). The smallest absolute Gasteiger partial charge is 0.353 e. The van der Waals surface area contributed by atoms with Gasteiger partial charge in [0.1, 0.15) is 11.5 Å². The van der Waals surface area contributed by atoms with E-state index in [4.69, 9.17) is 23.2 Å². The van der Waals surface area contributed by atoms with E-state index in [1.54, 1.807) is 18.2 Å². The van der Waals surface area contributed by atoms with Gasteiger partial charge in [-0.15, -0.1) is 0 Å². The highest BCUT2D eigenvalue weighted by molar-refractivity contribution is 6.32. The van der Waals surface area contributed by atoms with Crippen LogP contribution >= 0.6 is 23.2 Å². The van der Waals surface area contributed by atoms with Gasteiger partial charge < -0.3 is 5.11 Å². The van der Waals surface area contributed by atoms with Gasteiger partial charge in [-0.3, -0.25) is 9.36 Å². The van der Waals surface area contributed by atoms with E-state index in [9.17, 15) is 19.1 Å². The minimum absolute atomic E-state index is 0.116. The van der Waals surface area contributed by atoms with Gasteiger partial charge in [-0.05, 0) is 54.1 Å². The molecule has 3 aromatic rings. The van der Waals surface area contributed by atoms with Crippen LogP contribution in [0, 0.1) is 5.82 Å². The van der Waals surface area contributed by atoms with Crippen molar-refractivity contribution in [2.45, 2.75) is 31.7 Å². The lowest BCUT2D eigenvalue weighted by Gasteiger charge is -2.22. The topological polar surface area (TPSA) is 59.3 Å². The number of fused-ring (bicyclic) bond motifs is 1. The van der Waals surface area contributed by atoms with Crippen molar-refractivity contribution in [1.29, 1.82) is 0 Å². The van der Waals surface area contributed by atoms with E-state index in [0.717, 1.165) is 25.7 Å². The highest BCUT2D eigenvalue weighted by Gasteiger charge is 2.29. The zero-order valence-electron chi connectivity index (χ0n) is 14.7. The lowest BCUT2D eigenvalue weighted by molar-refractivity contribution is 0.0682. The van der Waals surface area contributed by atoms with E-state index < -0.39 is 11.8 Å². The number of aromatic nitrogens is 1. The lowest BCUT2D eigenvalue weighted by atomic mass is 9.95. The Bertz CT molecular complexity index is 1170. The predicted molar refractivity (Wildman–Crippen MR) is 108 cm³/mol. The van der Waals surface area contributed by atoms with Crippen molar-refractivity contribution < 1.29 is 14.3 Å². The zero-order valence-corrected chi connectivity index (χ0v) is 16.2. The number of carboxylic acid groups (broad SMARTS) is 1. The first kappa shape index (κ1) is 19.0. The number of aromatic carboxylic acids is 1. The average molecular weight is 420 g/mol. The van der Waals surface area contributed by atoms with Crippen LogP contribution in [0.15, 0.2) is 41.2 Å². The van der Waals surface area contributed by atoms with E-state index >= 15 is 0 Å². The van der Waals surface area contributed by atoms with Crippen molar-refractivity contribution >= 4 is 39.9 Å². The van der Waals surface area contributed by atoms with Gasteiger partial charge in [0.25, 0.3) is 5.56 Å². The van der Waals surface area contributed by atoms with Crippen molar-refractivity contribution in [3.05, 3.63) is 68.3 Å². The van der Waals surface area contributed by atoms with Crippen LogP contribution in [0.25, 0.3) is 21.9 Å². The molecule has 0 atom stereocenters. The van der Waals surface area contributed by atoms with Gasteiger partial charge in [0.05, 0.1) is 5.02 Å². The molecule has 0 spiro atoms. The van der Waals surface area contributed by atoms with Gasteiger partial charge in [-0.25, -0.2) is 9.18 Å². The molecule has 0 radical (unpaired) electrons. The normalized spacial score (nSPS) is 14.7. The lowest BCUT2D eigenvalue weighted by Crippen LogP contribution is -2.30. The summed E-state index contributed by atoms with van der Waals surface area (Å²) in [5, 5.41) is 11.1. The van der Waals surface area contributed by atoms with Crippen LogP contribution < -0.4 is 5.56 Å². The molecule has 0 amide bonds. The first-order chi connectivity index (χ1) is 13.4. The van der Waals surface area contributed by atoms with Gasteiger partial charge in [0.15, 0.2) is 0 Å². The van der Waals surface area contributed by atoms with E-state index in [0.29, 0.717) is 26.9 Å². The van der Waals surface area contributed by atoms with Gasteiger partial charge >= 0.3 is 5.97 Å². The van der Waals surface area contributed by atoms with Gasteiger partial charge in [-0.1, -0.05) is 42.1 Å². The van der Waals surface area contributed by atoms with Crippen molar-refractivity contribution in [2.75, 3.05) is 0 Å². The fourth-order valence-electron chi connectivity index (χ4n) is 4.05. The fourth-order valence-corrected chi connectivity index (χ4v) is 4.41. The molecule has 4 nitrogen and oxygen atoms in total. The van der Waals surface area contributed by atoms with E-state index in [-0.39, 0.29) is 22.3 Å². The number of carbonyl (C=O) groups is 1. The van der Waals surface area contributed by atoms with Crippen LogP contribution in [0.4, 0.5) is 4.39 Å². The third-order valence-electron chi connectivity index (χ3n) is 5.28. The zero-order chi connectivity index (χ0) is 20.0. The number of hydrogen-bond acceptors (Lipinski definition) is 2. The maximum atomic E-state index is 13.7. The summed E-state index contributed by atoms with van der Waals surface area (Å²) in [6.45, 7) is 0. The summed E-state index contributed by atoms with van der Waals surface area (Å²) in [6, 6.07) is 8.61. The predicted octanol–water partition coefficient (Wildman–Crippen LogP) is 5.93. The molecule has 1 aliphatic carbocycles. The van der Waals surface area contributed by atoms with Crippen molar-refractivity contribution in [1.82, 2.24) is 4.57 Å². The van der Waals surface area contributed by atoms with Crippen LogP contribution in [-0.4, -0.2) is 15.6 Å². The monoisotopic (exact) mass is 419 g/mol. The second kappa shape index (κ2) is 7.22. The molecule has 0 unspecified atom stereocenters. The second-order valence-electron chi connectivity index (χ2n) is 6.96. The highest BCUT2D eigenvalue weighted by Crippen LogP contribution is 2.37. The summed E-state index contributed by atoms with van der Waals surface area (Å²) >= 11 is 12.1. The van der Waals surface area contributed by atoms with Gasteiger partial charge in [0.2, 0.25) is 0 Å². The molecule has 1 N–H and O–H groups in total. The number of nitrogens with zero attached hydrogens (tertiary/aromatic N) is 1. The van der Waals surface area contributed by atoms with Crippen molar-refractivity contribution in [2.24, 2.45) is 0 Å². The molecule has 1 fully saturated rings. The number of benzene rings is 2. The molecule has 0 bridgehead atoms. The number of rotatable bonds is 3. The molecular formula is C21H16Cl2FNO3. The second-order valence-corrected chi connectivity index (χ2v) is 7.80. The molecule has 1 aliphatic rings. The number of hydrogen-bond donors (Lipinski definition) is 1. The quantitative estimate of drug-likeness (QED) is 0.572. The van der Waals surface area contributed by atoms with Crippen LogP contribution in [0.2, 0.25) is 10.0 Å². The number of pyridine rings is 1. The summed E-state index contributed by atoms with van der Waals surface area (Å²) in [5.74, 6) is -1.82. The molecule has 28 heavy (non-hydrogen) atoms. The average Bonchev–Trinajstić information content (AvgIpc) is 3.18. The Morgan fingerprint density at radius 1 is 1.07 bits per heavy atom. The van der Waals surface area contributed by atoms with E-state index in [2.05, 4.69) is 0 Å². The Morgan fingerprint density at radius 3 is 2.43 bits per heavy atom. The van der Waals surface area contributed by atoms with E-state index in [1.165, 1.54) is 22.8 Å². The van der Waals surface area contributed by atoms with Crippen LogP contribution in [-0.2, 0) is 0 Å². The van der Waals surface area contributed by atoms with Crippen LogP contribution in [0.5, 0.6) is 0 Å². The molecule has 7 heteroatoms. The Morgan fingerprint density at radius 2 is 1.79 bits per heavy atom. The van der Waals surface area contributed by atoms with Gasteiger partial charge in [-0.2, -0.15) is 0 Å². The Labute approximate surface area is 170 Å². The molecule has 0 saturated heterocycles. The minimum atomic E-state index is -1.22. The number of halogens is 3. The van der Waals surface area contributed by atoms with Crippen LogP contribution in [0.3, 0.4) is 0 Å². The molecule has 1 saturated carbocycles. The molecule has 0 aliphatic heterocycles. The first-order valence-electron chi connectivity index (χ1n) is 8.95. The molecule has 144 valence electrons. The van der Waals surface area contributed by atoms with Crippen molar-refractivity contribution in [3.8, 4) is 11.1 Å². The fraction of sp³-hybridized carbons (Fsp3) is 0.238. The van der Waals surface area contributed by atoms with Crippen molar-refractivity contribution in [3.63, 3.8) is 0 Å². The molecule has 1 aromatic heterocycles. The first-order valence-corrected chi connectivity index (χ1v) is 9.70. The number of carboxylic acids is 1.